The number of benzene rings is 2. The number of ether oxygens (including phenoxy) is 1. The molecule has 0 spiro atoms. The molecule has 224 valence electrons. The predicted octanol–water partition coefficient (Wildman–Crippen LogP) is 4.34. The van der Waals surface area contributed by atoms with Crippen LogP contribution >= 0.6 is 23.7 Å². The fourth-order valence-electron chi connectivity index (χ4n) is 4.52. The summed E-state index contributed by atoms with van der Waals surface area (Å²) in [7, 11) is 0.212. The third-order valence-corrected chi connectivity index (χ3v) is 9.77. The monoisotopic (exact) mass is 623 g/mol. The van der Waals surface area contributed by atoms with E-state index in [9.17, 15) is 18.0 Å². The molecule has 2 aromatic carbocycles. The van der Waals surface area contributed by atoms with Gasteiger partial charge in [0, 0.05) is 38.3 Å². The minimum atomic E-state index is -3.77. The van der Waals surface area contributed by atoms with Gasteiger partial charge < -0.3 is 14.5 Å². The number of rotatable bonds is 10. The van der Waals surface area contributed by atoms with Crippen LogP contribution in [0.1, 0.15) is 36.2 Å². The molecule has 41 heavy (non-hydrogen) atoms. The summed E-state index contributed by atoms with van der Waals surface area (Å²) in [4.78, 5) is 35.8. The number of nitrogens with zero attached hydrogens (tertiary/aromatic N) is 5. The minimum absolute atomic E-state index is 0. The van der Waals surface area contributed by atoms with Gasteiger partial charge in [0.1, 0.15) is 0 Å². The molecule has 1 aliphatic rings. The van der Waals surface area contributed by atoms with Crippen LogP contribution in [0.3, 0.4) is 0 Å². The van der Waals surface area contributed by atoms with Crippen molar-refractivity contribution in [2.45, 2.75) is 31.6 Å². The predicted molar refractivity (Wildman–Crippen MR) is 165 cm³/mol. The lowest BCUT2D eigenvalue weighted by molar-refractivity contribution is 0.0933. The number of piperazine rings is 1. The molecule has 0 bridgehead atoms. The first-order chi connectivity index (χ1) is 19.1. The molecule has 3 aromatic rings. The maximum Gasteiger partial charge on any atom is 0.409 e. The molecule has 0 radical (unpaired) electrons. The number of fused-ring (bicyclic) bond motifs is 1. The second kappa shape index (κ2) is 14.4. The quantitative estimate of drug-likeness (QED) is 0.331. The Bertz CT molecular complexity index is 1440. The summed E-state index contributed by atoms with van der Waals surface area (Å²) < 4.78 is 33.9. The fraction of sp³-hybridized carbons (Fsp3) is 0.464. The summed E-state index contributed by atoms with van der Waals surface area (Å²) >= 11 is 1.49. The summed E-state index contributed by atoms with van der Waals surface area (Å²) in [6.45, 7) is 6.30. The van der Waals surface area contributed by atoms with Crippen LogP contribution < -0.4 is 4.90 Å². The highest BCUT2D eigenvalue weighted by molar-refractivity contribution is 7.89. The number of carbonyl (C=O) groups excluding carboxylic acids is 2. The Hall–Kier alpha value is -2.77. The van der Waals surface area contributed by atoms with E-state index in [4.69, 9.17) is 9.72 Å². The van der Waals surface area contributed by atoms with Crippen LogP contribution in [0.4, 0.5) is 9.93 Å². The molecule has 4 rings (SSSR count). The van der Waals surface area contributed by atoms with Crippen LogP contribution in [-0.2, 0) is 21.2 Å². The fourth-order valence-corrected chi connectivity index (χ4v) is 7.00. The number of carbonyl (C=O) groups is 2. The van der Waals surface area contributed by atoms with E-state index in [1.807, 2.05) is 20.2 Å². The third kappa shape index (κ3) is 7.75. The molecule has 1 aromatic heterocycles. The van der Waals surface area contributed by atoms with Crippen molar-refractivity contribution >= 4 is 61.1 Å². The molecule has 0 unspecified atom stereocenters. The Morgan fingerprint density at radius 3 is 2.29 bits per heavy atom. The van der Waals surface area contributed by atoms with Crippen molar-refractivity contribution in [3.8, 4) is 0 Å². The van der Waals surface area contributed by atoms with Gasteiger partial charge in [-0.3, -0.25) is 9.69 Å². The van der Waals surface area contributed by atoms with Crippen LogP contribution in [0.2, 0.25) is 0 Å². The van der Waals surface area contributed by atoms with E-state index in [1.54, 1.807) is 24.0 Å². The van der Waals surface area contributed by atoms with Gasteiger partial charge in [-0.25, -0.2) is 18.2 Å². The van der Waals surface area contributed by atoms with Gasteiger partial charge >= 0.3 is 6.09 Å². The second-order valence-corrected chi connectivity index (χ2v) is 12.8. The minimum Gasteiger partial charge on any atom is -0.450 e. The number of halogens is 1. The topological polar surface area (TPSA) is 103 Å². The number of sulfonamides is 1. The molecule has 0 saturated carbocycles. The van der Waals surface area contributed by atoms with Gasteiger partial charge in [-0.05, 0) is 82.4 Å². The zero-order valence-corrected chi connectivity index (χ0v) is 26.4. The van der Waals surface area contributed by atoms with Gasteiger partial charge in [0.05, 0.1) is 21.7 Å². The van der Waals surface area contributed by atoms with Crippen molar-refractivity contribution in [3.63, 3.8) is 0 Å². The third-order valence-electron chi connectivity index (χ3n) is 6.82. The highest BCUT2D eigenvalue weighted by Crippen LogP contribution is 2.31. The van der Waals surface area contributed by atoms with E-state index in [1.165, 1.54) is 38.2 Å². The first kappa shape index (κ1) is 32.7. The molecular weight excluding hydrogens is 586 g/mol. The number of hydrogen-bond donors (Lipinski definition) is 0. The van der Waals surface area contributed by atoms with Crippen LogP contribution in [0, 0.1) is 0 Å². The average molecular weight is 624 g/mol. The van der Waals surface area contributed by atoms with Crippen LogP contribution in [0.5, 0.6) is 0 Å². The largest absolute Gasteiger partial charge is 0.450 e. The average Bonchev–Trinajstić information content (AvgIpc) is 3.38. The van der Waals surface area contributed by atoms with E-state index in [-0.39, 0.29) is 56.0 Å². The highest BCUT2D eigenvalue weighted by atomic mass is 35.5. The van der Waals surface area contributed by atoms with Gasteiger partial charge in [-0.15, -0.1) is 12.4 Å². The first-order valence-corrected chi connectivity index (χ1v) is 15.8. The van der Waals surface area contributed by atoms with Crippen molar-refractivity contribution in [2.24, 2.45) is 0 Å². The van der Waals surface area contributed by atoms with Gasteiger partial charge in [0.25, 0.3) is 5.91 Å². The molecule has 1 saturated heterocycles. The summed E-state index contributed by atoms with van der Waals surface area (Å²) in [5.74, 6) is -0.222. The molecule has 13 heteroatoms. The molecule has 1 fully saturated rings. The summed E-state index contributed by atoms with van der Waals surface area (Å²) in [5, 5.41) is 0.628. The van der Waals surface area contributed by atoms with Gasteiger partial charge in [-0.1, -0.05) is 24.3 Å². The molecule has 0 atom stereocenters. The second-order valence-electron chi connectivity index (χ2n) is 9.88. The Morgan fingerprint density at radius 2 is 1.68 bits per heavy atom. The molecule has 10 nitrogen and oxygen atoms in total. The number of aromatic nitrogens is 1. The maximum atomic E-state index is 13.7. The number of hydrogen-bond acceptors (Lipinski definition) is 8. The molecule has 2 amide bonds. The Balaban J connectivity index is 0.00000462. The smallest absolute Gasteiger partial charge is 0.409 e. The van der Waals surface area contributed by atoms with E-state index < -0.39 is 16.1 Å². The molecule has 0 aliphatic carbocycles. The van der Waals surface area contributed by atoms with E-state index in [0.717, 1.165) is 29.6 Å². The lowest BCUT2D eigenvalue weighted by Gasteiger charge is -2.33. The van der Waals surface area contributed by atoms with E-state index >= 15 is 0 Å². The Morgan fingerprint density at radius 1 is 1.00 bits per heavy atom. The van der Waals surface area contributed by atoms with E-state index in [2.05, 4.69) is 24.0 Å². The zero-order chi connectivity index (χ0) is 28.9. The van der Waals surface area contributed by atoms with E-state index in [0.29, 0.717) is 17.2 Å². The maximum absolute atomic E-state index is 13.7. The normalized spacial score (nSPS) is 14.2. The number of amides is 2. The Kier molecular flexibility index (Phi) is 11.5. The van der Waals surface area contributed by atoms with Gasteiger partial charge in [0.2, 0.25) is 10.0 Å². The highest BCUT2D eigenvalue weighted by Gasteiger charge is 2.31. The van der Waals surface area contributed by atoms with Crippen molar-refractivity contribution < 1.29 is 22.7 Å². The van der Waals surface area contributed by atoms with Crippen molar-refractivity contribution in [2.75, 3.05) is 64.9 Å². The van der Waals surface area contributed by atoms with Gasteiger partial charge in [-0.2, -0.15) is 4.31 Å². The summed E-state index contributed by atoms with van der Waals surface area (Å²) in [5.41, 5.74) is 2.46. The van der Waals surface area contributed by atoms with Gasteiger partial charge in [0.15, 0.2) is 5.13 Å². The number of thiazole rings is 1. The molecule has 0 N–H and O–H groups in total. The number of aryl methyl sites for hydroxylation is 1. The van der Waals surface area contributed by atoms with Crippen molar-refractivity contribution in [3.05, 3.63) is 53.6 Å². The summed E-state index contributed by atoms with van der Waals surface area (Å²) in [6, 6.07) is 12.2. The van der Waals surface area contributed by atoms with Crippen LogP contribution in [0.25, 0.3) is 10.2 Å². The van der Waals surface area contributed by atoms with Crippen LogP contribution in [0.15, 0.2) is 47.4 Å². The molecular formula is C28H38ClN5O5S2. The van der Waals surface area contributed by atoms with Crippen molar-refractivity contribution in [1.82, 2.24) is 19.1 Å². The standard InChI is InChI=1S/C28H37N5O5S2.ClH/c1-5-21-8-13-24-25(20-21)39-27(29-24)33(15-7-14-30(3)4)26(34)22-9-11-23(12-10-22)40(36,37)32-18-16-31(17-19-32)28(35)38-6-2;/h8-13,20H,5-7,14-19H2,1-4H3;1H. The molecule has 1 aliphatic heterocycles. The first-order valence-electron chi connectivity index (χ1n) is 13.5. The number of anilines is 1. The SMILES string of the molecule is CCOC(=O)N1CCN(S(=O)(=O)c2ccc(C(=O)N(CCCN(C)C)c3nc4ccc(CC)cc4s3)cc2)CC1.Cl. The zero-order valence-electron chi connectivity index (χ0n) is 23.9. The Labute approximate surface area is 252 Å². The lowest BCUT2D eigenvalue weighted by Crippen LogP contribution is -2.50. The van der Waals surface area contributed by atoms with Crippen molar-refractivity contribution in [1.29, 1.82) is 0 Å². The lowest BCUT2D eigenvalue weighted by atomic mass is 10.2. The molecule has 2 heterocycles. The summed E-state index contributed by atoms with van der Waals surface area (Å²) in [6.07, 6.45) is 1.25. The van der Waals surface area contributed by atoms with Crippen LogP contribution in [-0.4, -0.2) is 99.5 Å².